The number of morpholine rings is 1. The molecule has 1 aliphatic heterocycles. The standard InChI is InChI=1S/C12H21N4O3/c1-16(8-10-19-11-9-16)7-3-2-5-14-6-4-13-12(14)15(17)18/h4,6H,2-3,5,7-11H2,1H3/q+1. The maximum atomic E-state index is 10.7. The van der Waals surface area contributed by atoms with Crippen LogP contribution in [0.4, 0.5) is 5.95 Å². The zero-order chi connectivity index (χ0) is 13.7. The summed E-state index contributed by atoms with van der Waals surface area (Å²) in [5, 5.41) is 10.7. The molecule has 0 spiro atoms. The third kappa shape index (κ3) is 3.74. The van der Waals surface area contributed by atoms with Gasteiger partial charge in [0.05, 0.1) is 33.4 Å². The second-order valence-corrected chi connectivity index (χ2v) is 5.29. The molecule has 1 aromatic heterocycles. The van der Waals surface area contributed by atoms with Crippen molar-refractivity contribution in [1.82, 2.24) is 9.55 Å². The fourth-order valence-electron chi connectivity index (χ4n) is 2.43. The Morgan fingerprint density at radius 1 is 1.47 bits per heavy atom. The highest BCUT2D eigenvalue weighted by atomic mass is 16.6. The zero-order valence-corrected chi connectivity index (χ0v) is 11.3. The average molecular weight is 269 g/mol. The minimum atomic E-state index is -0.435. The van der Waals surface area contributed by atoms with E-state index >= 15 is 0 Å². The molecule has 1 saturated heterocycles. The first-order chi connectivity index (χ1) is 9.11. The molecule has 0 unspecified atom stereocenters. The van der Waals surface area contributed by atoms with E-state index in [2.05, 4.69) is 12.0 Å². The molecule has 7 heteroatoms. The third-order valence-electron chi connectivity index (χ3n) is 3.75. The molecule has 0 aliphatic carbocycles. The quantitative estimate of drug-likeness (QED) is 0.335. The number of unbranched alkanes of at least 4 members (excludes halogenated alkanes) is 1. The number of nitrogens with zero attached hydrogens (tertiary/aromatic N) is 4. The number of hydrogen-bond acceptors (Lipinski definition) is 4. The molecular weight excluding hydrogens is 248 g/mol. The van der Waals surface area contributed by atoms with Crippen molar-refractivity contribution in [2.75, 3.05) is 39.9 Å². The Bertz CT molecular complexity index is 426. The molecule has 7 nitrogen and oxygen atoms in total. The number of hydrogen-bond donors (Lipinski definition) is 0. The van der Waals surface area contributed by atoms with Gasteiger partial charge in [0.15, 0.2) is 0 Å². The van der Waals surface area contributed by atoms with Gasteiger partial charge in [0.1, 0.15) is 25.5 Å². The number of aromatic nitrogens is 2. The van der Waals surface area contributed by atoms with Crippen LogP contribution >= 0.6 is 0 Å². The van der Waals surface area contributed by atoms with Gasteiger partial charge >= 0.3 is 5.95 Å². The molecule has 0 N–H and O–H groups in total. The first-order valence-electron chi connectivity index (χ1n) is 6.68. The van der Waals surface area contributed by atoms with Crippen LogP contribution in [0.1, 0.15) is 12.8 Å². The van der Waals surface area contributed by atoms with Crippen molar-refractivity contribution < 1.29 is 14.1 Å². The van der Waals surface area contributed by atoms with Crippen LogP contribution in [0.3, 0.4) is 0 Å². The Morgan fingerprint density at radius 3 is 2.89 bits per heavy atom. The fraction of sp³-hybridized carbons (Fsp3) is 0.750. The summed E-state index contributed by atoms with van der Waals surface area (Å²) in [7, 11) is 2.25. The van der Waals surface area contributed by atoms with Crippen molar-refractivity contribution in [3.63, 3.8) is 0 Å². The van der Waals surface area contributed by atoms with Gasteiger partial charge in [-0.25, -0.2) is 4.57 Å². The van der Waals surface area contributed by atoms with Crippen LogP contribution in [-0.2, 0) is 11.3 Å². The predicted molar refractivity (Wildman–Crippen MR) is 69.7 cm³/mol. The molecule has 0 atom stereocenters. The number of nitro groups is 1. The van der Waals surface area contributed by atoms with E-state index in [1.807, 2.05) is 0 Å². The lowest BCUT2D eigenvalue weighted by atomic mass is 10.2. The van der Waals surface area contributed by atoms with E-state index < -0.39 is 4.92 Å². The van der Waals surface area contributed by atoms with Gasteiger partial charge in [0.2, 0.25) is 0 Å². The largest absolute Gasteiger partial charge is 0.434 e. The Hall–Kier alpha value is -1.47. The van der Waals surface area contributed by atoms with Gasteiger partial charge in [0.25, 0.3) is 0 Å². The molecule has 1 aromatic rings. The summed E-state index contributed by atoms with van der Waals surface area (Å²) < 4.78 is 8.03. The smallest absolute Gasteiger partial charge is 0.390 e. The molecule has 1 aliphatic rings. The third-order valence-corrected chi connectivity index (χ3v) is 3.75. The summed E-state index contributed by atoms with van der Waals surface area (Å²) in [6.45, 7) is 5.56. The summed E-state index contributed by atoms with van der Waals surface area (Å²) in [5.74, 6) is -0.0632. The van der Waals surface area contributed by atoms with E-state index in [1.165, 1.54) is 6.20 Å². The van der Waals surface area contributed by atoms with Crippen LogP contribution in [0, 0.1) is 10.1 Å². The summed E-state index contributed by atoms with van der Waals surface area (Å²) in [5.41, 5.74) is 0. The number of rotatable bonds is 6. The number of imidazole rings is 1. The molecule has 2 rings (SSSR count). The summed E-state index contributed by atoms with van der Waals surface area (Å²) in [6, 6.07) is 0. The predicted octanol–water partition coefficient (Wildman–Crippen LogP) is 1.05. The maximum absolute atomic E-state index is 10.7. The molecule has 0 radical (unpaired) electrons. The van der Waals surface area contributed by atoms with Crippen LogP contribution in [0.15, 0.2) is 12.4 Å². The van der Waals surface area contributed by atoms with Crippen LogP contribution in [-0.4, -0.2) is 58.9 Å². The molecule has 2 heterocycles. The van der Waals surface area contributed by atoms with E-state index in [9.17, 15) is 10.1 Å². The van der Waals surface area contributed by atoms with Crippen molar-refractivity contribution >= 4 is 5.95 Å². The lowest BCUT2D eigenvalue weighted by Crippen LogP contribution is -2.52. The maximum Gasteiger partial charge on any atom is 0.434 e. The molecule has 0 amide bonds. The molecule has 1 fully saturated rings. The highest BCUT2D eigenvalue weighted by molar-refractivity contribution is 5.06. The summed E-state index contributed by atoms with van der Waals surface area (Å²) >= 11 is 0. The number of aryl methyl sites for hydroxylation is 1. The van der Waals surface area contributed by atoms with Crippen molar-refractivity contribution in [2.24, 2.45) is 0 Å². The normalized spacial score (nSPS) is 18.4. The van der Waals surface area contributed by atoms with Gasteiger partial charge in [-0.05, 0) is 17.8 Å². The zero-order valence-electron chi connectivity index (χ0n) is 11.3. The molecular formula is C12H21N4O3+. The molecule has 106 valence electrons. The van der Waals surface area contributed by atoms with Crippen LogP contribution in [0.5, 0.6) is 0 Å². The highest BCUT2D eigenvalue weighted by Crippen LogP contribution is 2.12. The Kier molecular flexibility index (Phi) is 4.49. The summed E-state index contributed by atoms with van der Waals surface area (Å²) in [6.07, 6.45) is 5.15. The van der Waals surface area contributed by atoms with Crippen LogP contribution < -0.4 is 0 Å². The highest BCUT2D eigenvalue weighted by Gasteiger charge is 2.24. The first-order valence-corrected chi connectivity index (χ1v) is 6.68. The first kappa shape index (κ1) is 14.0. The monoisotopic (exact) mass is 269 g/mol. The van der Waals surface area contributed by atoms with Gasteiger partial charge < -0.3 is 19.3 Å². The van der Waals surface area contributed by atoms with Gasteiger partial charge in [-0.3, -0.25) is 0 Å². The second kappa shape index (κ2) is 6.12. The molecule has 0 aromatic carbocycles. The SMILES string of the molecule is C[N+]1(CCCCn2ccnc2[N+](=O)[O-])CCOCC1. The van der Waals surface area contributed by atoms with Crippen molar-refractivity contribution in [3.05, 3.63) is 22.5 Å². The number of ether oxygens (including phenoxy) is 1. The molecule has 0 saturated carbocycles. The minimum absolute atomic E-state index is 0.0632. The van der Waals surface area contributed by atoms with E-state index in [-0.39, 0.29) is 5.95 Å². The van der Waals surface area contributed by atoms with E-state index in [0.29, 0.717) is 6.54 Å². The lowest BCUT2D eigenvalue weighted by Gasteiger charge is -2.37. The average Bonchev–Trinajstić information content (AvgIpc) is 2.84. The number of quaternary nitrogens is 1. The van der Waals surface area contributed by atoms with Gasteiger partial charge in [-0.15, -0.1) is 0 Å². The minimum Gasteiger partial charge on any atom is -0.390 e. The Balaban J connectivity index is 1.74. The fourth-order valence-corrected chi connectivity index (χ4v) is 2.43. The van der Waals surface area contributed by atoms with Gasteiger partial charge in [-0.1, -0.05) is 4.98 Å². The summed E-state index contributed by atoms with van der Waals surface area (Å²) in [4.78, 5) is 14.0. The van der Waals surface area contributed by atoms with Crippen LogP contribution in [0.25, 0.3) is 0 Å². The Labute approximate surface area is 112 Å². The van der Waals surface area contributed by atoms with Crippen molar-refractivity contribution in [3.8, 4) is 0 Å². The van der Waals surface area contributed by atoms with Crippen molar-refractivity contribution in [1.29, 1.82) is 0 Å². The second-order valence-electron chi connectivity index (χ2n) is 5.29. The topological polar surface area (TPSA) is 70.2 Å². The van der Waals surface area contributed by atoms with Gasteiger partial charge in [0, 0.05) is 0 Å². The van der Waals surface area contributed by atoms with E-state index in [4.69, 9.17) is 4.74 Å². The lowest BCUT2D eigenvalue weighted by molar-refractivity contribution is -0.917. The van der Waals surface area contributed by atoms with Crippen molar-refractivity contribution in [2.45, 2.75) is 19.4 Å². The number of likely N-dealkylation sites (N-methyl/N-ethyl adjacent to an activating group) is 1. The van der Waals surface area contributed by atoms with Gasteiger partial charge in [-0.2, -0.15) is 0 Å². The Morgan fingerprint density at radius 2 is 2.21 bits per heavy atom. The van der Waals surface area contributed by atoms with E-state index in [0.717, 1.165) is 50.2 Å². The molecule has 0 bridgehead atoms. The van der Waals surface area contributed by atoms with E-state index in [1.54, 1.807) is 10.8 Å². The molecule has 19 heavy (non-hydrogen) atoms. The van der Waals surface area contributed by atoms with Crippen LogP contribution in [0.2, 0.25) is 0 Å².